The lowest BCUT2D eigenvalue weighted by Gasteiger charge is -1.98. The average Bonchev–Trinajstić information content (AvgIpc) is 2.83. The van der Waals surface area contributed by atoms with Gasteiger partial charge in [0.15, 0.2) is 17.1 Å². The van der Waals surface area contributed by atoms with Crippen LogP contribution < -0.4 is 4.74 Å². The number of fused-ring (bicyclic) bond motifs is 1. The predicted molar refractivity (Wildman–Crippen MR) is 66.0 cm³/mol. The van der Waals surface area contributed by atoms with Gasteiger partial charge in [-0.2, -0.15) is 0 Å². The molecule has 3 heteroatoms. The second kappa shape index (κ2) is 3.94. The minimum atomic E-state index is 0.740. The first kappa shape index (κ1) is 9.90. The van der Waals surface area contributed by atoms with Gasteiger partial charge in [-0.3, -0.25) is 4.98 Å². The number of hydrogen-bond donors (Lipinski definition) is 0. The number of para-hydroxylation sites is 1. The molecule has 2 aromatic heterocycles. The molecule has 0 N–H and O–H groups in total. The third-order valence-electron chi connectivity index (χ3n) is 2.65. The van der Waals surface area contributed by atoms with Crippen molar-refractivity contribution in [3.63, 3.8) is 0 Å². The van der Waals surface area contributed by atoms with Crippen LogP contribution in [0.4, 0.5) is 0 Å². The van der Waals surface area contributed by atoms with Crippen LogP contribution in [0.1, 0.15) is 0 Å². The number of nitrogens with zero attached hydrogens (tertiary/aromatic N) is 1. The number of pyridine rings is 1. The Morgan fingerprint density at radius 2 is 2.06 bits per heavy atom. The fourth-order valence-electron chi connectivity index (χ4n) is 1.83. The van der Waals surface area contributed by atoms with Gasteiger partial charge < -0.3 is 9.15 Å². The van der Waals surface area contributed by atoms with E-state index in [9.17, 15) is 0 Å². The van der Waals surface area contributed by atoms with Crippen LogP contribution in [0.15, 0.2) is 53.1 Å². The van der Waals surface area contributed by atoms with E-state index >= 15 is 0 Å². The highest BCUT2D eigenvalue weighted by Crippen LogP contribution is 2.32. The molecule has 0 aliphatic heterocycles. The molecule has 0 bridgehead atoms. The molecular formula is C14H11NO2. The van der Waals surface area contributed by atoms with Gasteiger partial charge in [-0.05, 0) is 24.3 Å². The van der Waals surface area contributed by atoms with Gasteiger partial charge in [-0.1, -0.05) is 18.2 Å². The van der Waals surface area contributed by atoms with Crippen molar-refractivity contribution in [2.24, 2.45) is 0 Å². The van der Waals surface area contributed by atoms with E-state index in [1.54, 1.807) is 13.3 Å². The molecular weight excluding hydrogens is 214 g/mol. The standard InChI is InChI=1S/C14H11NO2/c1-16-12-7-4-5-10-9-13(17-14(10)12)11-6-2-3-8-15-11/h2-9H,1H3. The molecule has 0 amide bonds. The number of hydrogen-bond acceptors (Lipinski definition) is 3. The van der Waals surface area contributed by atoms with Crippen molar-refractivity contribution in [2.75, 3.05) is 7.11 Å². The largest absolute Gasteiger partial charge is 0.493 e. The van der Waals surface area contributed by atoms with E-state index in [1.165, 1.54) is 0 Å². The predicted octanol–water partition coefficient (Wildman–Crippen LogP) is 3.50. The van der Waals surface area contributed by atoms with Gasteiger partial charge in [-0.15, -0.1) is 0 Å². The summed E-state index contributed by atoms with van der Waals surface area (Å²) in [6.45, 7) is 0. The Morgan fingerprint density at radius 3 is 2.82 bits per heavy atom. The van der Waals surface area contributed by atoms with E-state index in [2.05, 4.69) is 4.98 Å². The molecule has 3 aromatic rings. The minimum absolute atomic E-state index is 0.740. The molecule has 0 fully saturated rings. The molecule has 0 aliphatic rings. The summed E-state index contributed by atoms with van der Waals surface area (Å²) < 4.78 is 11.1. The number of benzene rings is 1. The summed E-state index contributed by atoms with van der Waals surface area (Å²) in [5, 5.41) is 1.02. The Bertz CT molecular complexity index is 644. The van der Waals surface area contributed by atoms with Gasteiger partial charge in [0.2, 0.25) is 0 Å². The van der Waals surface area contributed by atoms with Crippen molar-refractivity contribution < 1.29 is 9.15 Å². The number of furan rings is 1. The summed E-state index contributed by atoms with van der Waals surface area (Å²) >= 11 is 0. The van der Waals surface area contributed by atoms with Crippen LogP contribution in [0.5, 0.6) is 5.75 Å². The maximum Gasteiger partial charge on any atom is 0.176 e. The summed E-state index contributed by atoms with van der Waals surface area (Å²) in [6.07, 6.45) is 1.75. The van der Waals surface area contributed by atoms with Crippen molar-refractivity contribution in [1.82, 2.24) is 4.98 Å². The zero-order chi connectivity index (χ0) is 11.7. The van der Waals surface area contributed by atoms with E-state index in [0.29, 0.717) is 0 Å². The van der Waals surface area contributed by atoms with E-state index in [4.69, 9.17) is 9.15 Å². The molecule has 0 unspecified atom stereocenters. The van der Waals surface area contributed by atoms with E-state index in [1.807, 2.05) is 42.5 Å². The summed E-state index contributed by atoms with van der Waals surface area (Å²) in [5.74, 6) is 1.50. The summed E-state index contributed by atoms with van der Waals surface area (Å²) in [7, 11) is 1.64. The van der Waals surface area contributed by atoms with Crippen LogP contribution in [-0.2, 0) is 0 Å². The minimum Gasteiger partial charge on any atom is -0.493 e. The Balaban J connectivity index is 2.20. The molecule has 0 aliphatic carbocycles. The first-order valence-corrected chi connectivity index (χ1v) is 5.36. The van der Waals surface area contributed by atoms with E-state index in [-0.39, 0.29) is 0 Å². The van der Waals surface area contributed by atoms with Crippen LogP contribution in [0.3, 0.4) is 0 Å². The summed E-state index contributed by atoms with van der Waals surface area (Å²) in [6, 6.07) is 13.5. The van der Waals surface area contributed by atoms with Crippen molar-refractivity contribution in [3.8, 4) is 17.2 Å². The molecule has 84 valence electrons. The van der Waals surface area contributed by atoms with Crippen molar-refractivity contribution in [2.45, 2.75) is 0 Å². The van der Waals surface area contributed by atoms with Crippen LogP contribution in [0, 0.1) is 0 Å². The number of ether oxygens (including phenoxy) is 1. The quantitative estimate of drug-likeness (QED) is 0.669. The number of aromatic nitrogens is 1. The van der Waals surface area contributed by atoms with Crippen LogP contribution in [-0.4, -0.2) is 12.1 Å². The molecule has 0 radical (unpaired) electrons. The molecule has 3 nitrogen and oxygen atoms in total. The van der Waals surface area contributed by atoms with Crippen LogP contribution >= 0.6 is 0 Å². The normalized spacial score (nSPS) is 10.6. The lowest BCUT2D eigenvalue weighted by atomic mass is 10.2. The van der Waals surface area contributed by atoms with E-state index in [0.717, 1.165) is 28.2 Å². The molecule has 3 rings (SSSR count). The summed E-state index contributed by atoms with van der Waals surface area (Å²) in [4.78, 5) is 4.27. The van der Waals surface area contributed by atoms with Gasteiger partial charge in [0.25, 0.3) is 0 Å². The third kappa shape index (κ3) is 1.65. The second-order valence-corrected chi connectivity index (χ2v) is 3.70. The fraction of sp³-hybridized carbons (Fsp3) is 0.0714. The van der Waals surface area contributed by atoms with Gasteiger partial charge in [0.1, 0.15) is 5.69 Å². The van der Waals surface area contributed by atoms with E-state index < -0.39 is 0 Å². The third-order valence-corrected chi connectivity index (χ3v) is 2.65. The maximum atomic E-state index is 5.79. The average molecular weight is 225 g/mol. The molecule has 0 spiro atoms. The Kier molecular flexibility index (Phi) is 2.29. The molecule has 0 saturated heterocycles. The monoisotopic (exact) mass is 225 g/mol. The molecule has 2 heterocycles. The highest BCUT2D eigenvalue weighted by atomic mass is 16.5. The Morgan fingerprint density at radius 1 is 1.12 bits per heavy atom. The van der Waals surface area contributed by atoms with Gasteiger partial charge >= 0.3 is 0 Å². The zero-order valence-electron chi connectivity index (χ0n) is 9.38. The lowest BCUT2D eigenvalue weighted by Crippen LogP contribution is -1.81. The number of methoxy groups -OCH3 is 1. The molecule has 17 heavy (non-hydrogen) atoms. The lowest BCUT2D eigenvalue weighted by molar-refractivity contribution is 0.411. The first-order valence-electron chi connectivity index (χ1n) is 5.36. The van der Waals surface area contributed by atoms with Crippen molar-refractivity contribution in [1.29, 1.82) is 0 Å². The fourth-order valence-corrected chi connectivity index (χ4v) is 1.83. The topological polar surface area (TPSA) is 35.3 Å². The maximum absolute atomic E-state index is 5.79. The van der Waals surface area contributed by atoms with Crippen molar-refractivity contribution in [3.05, 3.63) is 48.7 Å². The SMILES string of the molecule is COc1cccc2cc(-c3ccccn3)oc12. The van der Waals surface area contributed by atoms with Gasteiger partial charge in [-0.25, -0.2) is 0 Å². The molecule has 1 aromatic carbocycles. The Hall–Kier alpha value is -2.29. The highest BCUT2D eigenvalue weighted by molar-refractivity contribution is 5.86. The van der Waals surface area contributed by atoms with Gasteiger partial charge in [0.05, 0.1) is 7.11 Å². The highest BCUT2D eigenvalue weighted by Gasteiger charge is 2.10. The molecule has 0 atom stereocenters. The Labute approximate surface area is 98.7 Å². The van der Waals surface area contributed by atoms with Crippen LogP contribution in [0.2, 0.25) is 0 Å². The summed E-state index contributed by atoms with van der Waals surface area (Å²) in [5.41, 5.74) is 1.58. The smallest absolute Gasteiger partial charge is 0.176 e. The van der Waals surface area contributed by atoms with Crippen LogP contribution in [0.25, 0.3) is 22.4 Å². The molecule has 0 saturated carbocycles. The van der Waals surface area contributed by atoms with Gasteiger partial charge in [0, 0.05) is 11.6 Å². The second-order valence-electron chi connectivity index (χ2n) is 3.70. The number of rotatable bonds is 2. The first-order chi connectivity index (χ1) is 8.38. The zero-order valence-corrected chi connectivity index (χ0v) is 9.38. The van der Waals surface area contributed by atoms with Crippen molar-refractivity contribution >= 4 is 11.0 Å².